The number of hydrogen-bond acceptors (Lipinski definition) is 8. The maximum Gasteiger partial charge on any atom is 0.162 e. The summed E-state index contributed by atoms with van der Waals surface area (Å²) in [6, 6.07) is 6.33. The van der Waals surface area contributed by atoms with Crippen LogP contribution in [-0.2, 0) is 10.3 Å². The molecule has 0 unspecified atom stereocenters. The Morgan fingerprint density at radius 1 is 1.09 bits per heavy atom. The average molecular weight is 452 g/mol. The zero-order valence-electron chi connectivity index (χ0n) is 19.7. The Bertz CT molecular complexity index is 1100. The van der Waals surface area contributed by atoms with Crippen LogP contribution in [0.2, 0.25) is 0 Å². The van der Waals surface area contributed by atoms with Crippen molar-refractivity contribution in [3.8, 4) is 0 Å². The molecular formula is C24H33N7O2. The lowest BCUT2D eigenvalue weighted by atomic mass is 9.89. The predicted molar refractivity (Wildman–Crippen MR) is 127 cm³/mol. The predicted octanol–water partition coefficient (Wildman–Crippen LogP) is 2.76. The molecule has 2 aromatic heterocycles. The number of nitrogens with zero attached hydrogens (tertiary/aromatic N) is 7. The lowest BCUT2D eigenvalue weighted by Crippen LogP contribution is -2.38. The van der Waals surface area contributed by atoms with Crippen molar-refractivity contribution in [2.45, 2.75) is 45.3 Å². The van der Waals surface area contributed by atoms with Gasteiger partial charge >= 0.3 is 0 Å². The molecule has 5 rings (SSSR count). The van der Waals surface area contributed by atoms with Crippen LogP contribution in [0, 0.1) is 5.92 Å². The molecule has 9 nitrogen and oxygen atoms in total. The molecule has 1 aromatic carbocycles. The van der Waals surface area contributed by atoms with E-state index in [1.54, 1.807) is 6.20 Å². The van der Waals surface area contributed by atoms with Crippen molar-refractivity contribution >= 4 is 22.4 Å². The van der Waals surface area contributed by atoms with Crippen LogP contribution >= 0.6 is 0 Å². The number of ether oxygens (including phenoxy) is 1. The zero-order chi connectivity index (χ0) is 23.0. The van der Waals surface area contributed by atoms with E-state index in [9.17, 15) is 5.11 Å². The third kappa shape index (κ3) is 4.52. The van der Waals surface area contributed by atoms with Gasteiger partial charge in [-0.3, -0.25) is 4.68 Å². The Kier molecular flexibility index (Phi) is 5.92. The molecule has 9 heteroatoms. The summed E-state index contributed by atoms with van der Waals surface area (Å²) in [5, 5.41) is 29.4. The monoisotopic (exact) mass is 451 g/mol. The number of morpholine rings is 1. The van der Waals surface area contributed by atoms with E-state index in [2.05, 4.69) is 69.3 Å². The van der Waals surface area contributed by atoms with E-state index in [4.69, 9.17) is 4.74 Å². The molecule has 2 aliphatic rings. The van der Waals surface area contributed by atoms with Crippen molar-refractivity contribution < 1.29 is 9.84 Å². The van der Waals surface area contributed by atoms with E-state index in [1.165, 1.54) is 0 Å². The molecular weight excluding hydrogens is 418 g/mol. The number of rotatable bonds is 4. The first kappa shape index (κ1) is 22.0. The van der Waals surface area contributed by atoms with Crippen LogP contribution < -0.4 is 9.80 Å². The van der Waals surface area contributed by atoms with Gasteiger partial charge in [-0.15, -0.1) is 10.2 Å². The smallest absolute Gasteiger partial charge is 0.162 e. The molecule has 0 bridgehead atoms. The number of aliphatic hydroxyl groups is 1. The van der Waals surface area contributed by atoms with Crippen LogP contribution in [0.15, 0.2) is 30.6 Å². The molecule has 3 aromatic rings. The number of piperidine rings is 1. The van der Waals surface area contributed by atoms with Gasteiger partial charge in [-0.25, -0.2) is 0 Å². The second kappa shape index (κ2) is 8.87. The molecule has 0 spiro atoms. The zero-order valence-corrected chi connectivity index (χ0v) is 19.7. The third-order valence-electron chi connectivity index (χ3n) is 6.73. The summed E-state index contributed by atoms with van der Waals surface area (Å²) in [4.78, 5) is 4.56. The van der Waals surface area contributed by atoms with Gasteiger partial charge in [0.05, 0.1) is 31.1 Å². The Morgan fingerprint density at radius 3 is 2.67 bits per heavy atom. The maximum absolute atomic E-state index is 11.1. The van der Waals surface area contributed by atoms with Gasteiger partial charge in [0.1, 0.15) is 5.52 Å². The molecule has 0 aliphatic carbocycles. The molecule has 2 fully saturated rings. The summed E-state index contributed by atoms with van der Waals surface area (Å²) < 4.78 is 7.39. The first-order chi connectivity index (χ1) is 15.9. The summed E-state index contributed by atoms with van der Waals surface area (Å²) >= 11 is 0. The number of hydrogen-bond donors (Lipinski definition) is 1. The minimum absolute atomic E-state index is 0.106. The minimum atomic E-state index is -0.558. The summed E-state index contributed by atoms with van der Waals surface area (Å²) in [6.45, 7) is 11.2. The van der Waals surface area contributed by atoms with Gasteiger partial charge in [0, 0.05) is 54.9 Å². The van der Waals surface area contributed by atoms with Crippen molar-refractivity contribution in [3.63, 3.8) is 0 Å². The number of aromatic nitrogens is 5. The Labute approximate surface area is 194 Å². The molecule has 2 saturated heterocycles. The van der Waals surface area contributed by atoms with Gasteiger partial charge in [0.2, 0.25) is 0 Å². The number of fused-ring (bicyclic) bond motifs is 1. The lowest BCUT2D eigenvalue weighted by molar-refractivity contribution is 0.0978. The number of aliphatic hydroxyl groups excluding tert-OH is 1. The Hall–Kier alpha value is -2.78. The highest BCUT2D eigenvalue weighted by atomic mass is 16.5. The fourth-order valence-corrected chi connectivity index (χ4v) is 4.80. The van der Waals surface area contributed by atoms with Crippen LogP contribution in [-0.4, -0.2) is 69.7 Å². The fourth-order valence-electron chi connectivity index (χ4n) is 4.80. The van der Waals surface area contributed by atoms with Gasteiger partial charge in [-0.2, -0.15) is 5.10 Å². The standard InChI is InChI=1S/C24H33N7O2/c1-24(2,3)31-16-18(14-25-31)22(32)17-5-4-8-30(15-17)23-20-7-6-19(13-21(20)26-28-27-23)29-9-11-33-12-10-29/h6-7,13-14,16-17,22,32H,4-5,8-12,15H2,1-3H3/t17-,22+/m0/s1. The van der Waals surface area contributed by atoms with E-state index in [-0.39, 0.29) is 11.5 Å². The van der Waals surface area contributed by atoms with E-state index in [0.29, 0.717) is 0 Å². The van der Waals surface area contributed by atoms with Gasteiger partial charge in [-0.1, -0.05) is 0 Å². The third-order valence-corrected chi connectivity index (χ3v) is 6.73. The van der Waals surface area contributed by atoms with Crippen molar-refractivity contribution in [3.05, 3.63) is 36.2 Å². The van der Waals surface area contributed by atoms with Crippen LogP contribution in [0.5, 0.6) is 0 Å². The number of benzene rings is 1. The molecule has 33 heavy (non-hydrogen) atoms. The van der Waals surface area contributed by atoms with Gasteiger partial charge in [-0.05, 0) is 57.0 Å². The topological polar surface area (TPSA) is 92.4 Å². The molecule has 176 valence electrons. The van der Waals surface area contributed by atoms with Crippen LogP contribution in [0.4, 0.5) is 11.5 Å². The summed E-state index contributed by atoms with van der Waals surface area (Å²) in [6.07, 6.45) is 5.17. The van der Waals surface area contributed by atoms with Crippen LogP contribution in [0.3, 0.4) is 0 Å². The summed E-state index contributed by atoms with van der Waals surface area (Å²) in [5.74, 6) is 0.949. The first-order valence-electron chi connectivity index (χ1n) is 11.8. The second-order valence-corrected chi connectivity index (χ2v) is 10.1. The van der Waals surface area contributed by atoms with Crippen molar-refractivity contribution in [1.29, 1.82) is 0 Å². The summed E-state index contributed by atoms with van der Waals surface area (Å²) in [7, 11) is 0. The van der Waals surface area contributed by atoms with Gasteiger partial charge in [0.15, 0.2) is 5.82 Å². The number of anilines is 2. The quantitative estimate of drug-likeness (QED) is 0.647. The van der Waals surface area contributed by atoms with E-state index in [0.717, 1.165) is 80.2 Å². The molecule has 0 amide bonds. The van der Waals surface area contributed by atoms with Crippen LogP contribution in [0.25, 0.3) is 10.9 Å². The lowest BCUT2D eigenvalue weighted by Gasteiger charge is -2.35. The van der Waals surface area contributed by atoms with E-state index < -0.39 is 6.10 Å². The molecule has 0 saturated carbocycles. The Morgan fingerprint density at radius 2 is 1.91 bits per heavy atom. The molecule has 1 N–H and O–H groups in total. The largest absolute Gasteiger partial charge is 0.388 e. The molecule has 4 heterocycles. The summed E-state index contributed by atoms with van der Waals surface area (Å²) in [5.41, 5.74) is 2.75. The van der Waals surface area contributed by atoms with E-state index in [1.807, 2.05) is 10.9 Å². The van der Waals surface area contributed by atoms with Crippen molar-refractivity contribution in [1.82, 2.24) is 25.2 Å². The van der Waals surface area contributed by atoms with Crippen molar-refractivity contribution in [2.75, 3.05) is 49.2 Å². The molecule has 0 radical (unpaired) electrons. The van der Waals surface area contributed by atoms with Gasteiger partial charge in [0.25, 0.3) is 0 Å². The maximum atomic E-state index is 11.1. The SMILES string of the molecule is CC(C)(C)n1cc([C@H](O)[C@H]2CCCN(c3nnnc4cc(N5CCOCC5)ccc34)C2)cn1. The Balaban J connectivity index is 1.36. The second-order valence-electron chi connectivity index (χ2n) is 10.1. The minimum Gasteiger partial charge on any atom is -0.388 e. The normalized spacial score (nSPS) is 20.9. The highest BCUT2D eigenvalue weighted by Gasteiger charge is 2.30. The fraction of sp³-hybridized carbons (Fsp3) is 0.583. The van der Waals surface area contributed by atoms with Crippen molar-refractivity contribution in [2.24, 2.45) is 5.92 Å². The molecule has 2 atom stereocenters. The van der Waals surface area contributed by atoms with Crippen LogP contribution in [0.1, 0.15) is 45.3 Å². The average Bonchev–Trinajstić information content (AvgIpc) is 3.35. The van der Waals surface area contributed by atoms with Gasteiger partial charge < -0.3 is 19.6 Å². The highest BCUT2D eigenvalue weighted by molar-refractivity contribution is 5.91. The molecule has 2 aliphatic heterocycles. The highest BCUT2D eigenvalue weighted by Crippen LogP contribution is 2.34. The van der Waals surface area contributed by atoms with E-state index >= 15 is 0 Å². The first-order valence-corrected chi connectivity index (χ1v) is 11.8.